The van der Waals surface area contributed by atoms with Gasteiger partial charge in [0.2, 0.25) is 0 Å². The Bertz CT molecular complexity index is 608. The van der Waals surface area contributed by atoms with Crippen LogP contribution < -0.4 is 10.6 Å². The fourth-order valence-corrected chi connectivity index (χ4v) is 2.19. The lowest BCUT2D eigenvalue weighted by atomic mass is 10.1. The Morgan fingerprint density at radius 1 is 1.41 bits per heavy atom. The van der Waals surface area contributed by atoms with E-state index < -0.39 is 18.0 Å². The Balaban J connectivity index is 1.86. The minimum absolute atomic E-state index is 0.283. The predicted molar refractivity (Wildman–Crippen MR) is 81.0 cm³/mol. The van der Waals surface area contributed by atoms with E-state index in [0.717, 1.165) is 5.56 Å². The van der Waals surface area contributed by atoms with Crippen LogP contribution in [0.1, 0.15) is 30.8 Å². The average molecular weight is 306 g/mol. The molecule has 2 rings (SSSR count). The second-order valence-corrected chi connectivity index (χ2v) is 5.28. The van der Waals surface area contributed by atoms with Crippen molar-refractivity contribution in [3.63, 3.8) is 0 Å². The number of furan rings is 1. The van der Waals surface area contributed by atoms with Crippen LogP contribution in [0.2, 0.25) is 0 Å². The van der Waals surface area contributed by atoms with Crippen molar-refractivity contribution in [2.24, 2.45) is 0 Å². The van der Waals surface area contributed by atoms with Crippen LogP contribution >= 0.6 is 0 Å². The van der Waals surface area contributed by atoms with Crippen LogP contribution in [0.3, 0.4) is 0 Å². The fraction of sp³-hybridized carbons (Fsp3) is 0.312. The zero-order chi connectivity index (χ0) is 16.1. The second-order valence-electron chi connectivity index (χ2n) is 5.28. The van der Waals surface area contributed by atoms with Crippen LogP contribution in [0.5, 0.6) is 0 Å². The van der Waals surface area contributed by atoms with Gasteiger partial charge in [-0.15, -0.1) is 0 Å². The third kappa shape index (κ3) is 4.60. The Kier molecular flexibility index (Phi) is 5.16. The van der Waals surface area contributed by atoms with Gasteiger partial charge in [-0.2, -0.15) is 0 Å². The Labute approximate surface area is 128 Å². The topological polar surface area (TPSA) is 74.5 Å². The molecule has 3 N–H and O–H groups in total. The van der Waals surface area contributed by atoms with Crippen LogP contribution in [-0.2, 0) is 0 Å². The van der Waals surface area contributed by atoms with Gasteiger partial charge in [0, 0.05) is 18.2 Å². The maximum Gasteiger partial charge on any atom is 0.319 e. The molecule has 0 saturated carbocycles. The van der Waals surface area contributed by atoms with Gasteiger partial charge in [0.05, 0.1) is 6.26 Å². The van der Waals surface area contributed by atoms with Gasteiger partial charge in [-0.1, -0.05) is 0 Å². The first-order valence-corrected chi connectivity index (χ1v) is 7.00. The number of aliphatic hydroxyl groups is 1. The van der Waals surface area contributed by atoms with Gasteiger partial charge in [-0.3, -0.25) is 0 Å². The molecule has 0 aliphatic carbocycles. The number of rotatable bonds is 5. The fourth-order valence-electron chi connectivity index (χ4n) is 2.19. The van der Waals surface area contributed by atoms with E-state index in [0.29, 0.717) is 17.9 Å². The number of carbonyl (C=O) groups excluding carboxylic acids is 1. The largest absolute Gasteiger partial charge is 0.467 e. The maximum absolute atomic E-state index is 13.3. The highest BCUT2D eigenvalue weighted by molar-refractivity contribution is 5.89. The van der Waals surface area contributed by atoms with Crippen LogP contribution in [0, 0.1) is 12.7 Å². The van der Waals surface area contributed by atoms with E-state index >= 15 is 0 Å². The number of hydrogen-bond donors (Lipinski definition) is 3. The second kappa shape index (κ2) is 7.09. The molecular formula is C16H19FN2O3. The first-order chi connectivity index (χ1) is 10.4. The van der Waals surface area contributed by atoms with Gasteiger partial charge in [0.25, 0.3) is 0 Å². The zero-order valence-electron chi connectivity index (χ0n) is 12.5. The number of aliphatic hydroxyl groups excluding tert-OH is 1. The van der Waals surface area contributed by atoms with Gasteiger partial charge in [0.1, 0.15) is 17.7 Å². The summed E-state index contributed by atoms with van der Waals surface area (Å²) < 4.78 is 18.4. The summed E-state index contributed by atoms with van der Waals surface area (Å²) in [6, 6.07) is 6.92. The van der Waals surface area contributed by atoms with Crippen molar-refractivity contribution in [3.05, 3.63) is 53.7 Å². The van der Waals surface area contributed by atoms with E-state index in [1.54, 1.807) is 32.0 Å². The lowest BCUT2D eigenvalue weighted by Gasteiger charge is -2.17. The van der Waals surface area contributed by atoms with Gasteiger partial charge in [-0.05, 0) is 49.7 Å². The number of benzene rings is 1. The van der Waals surface area contributed by atoms with Crippen LogP contribution in [0.15, 0.2) is 41.0 Å². The van der Waals surface area contributed by atoms with Gasteiger partial charge >= 0.3 is 6.03 Å². The van der Waals surface area contributed by atoms with E-state index in [2.05, 4.69) is 10.6 Å². The quantitative estimate of drug-likeness (QED) is 0.793. The lowest BCUT2D eigenvalue weighted by molar-refractivity contribution is 0.130. The van der Waals surface area contributed by atoms with Crippen molar-refractivity contribution in [1.29, 1.82) is 0 Å². The summed E-state index contributed by atoms with van der Waals surface area (Å²) in [4.78, 5) is 11.9. The molecular weight excluding hydrogens is 287 g/mol. The molecule has 0 radical (unpaired) electrons. The van der Waals surface area contributed by atoms with E-state index in [1.807, 2.05) is 0 Å². The van der Waals surface area contributed by atoms with Gasteiger partial charge in [0.15, 0.2) is 0 Å². The highest BCUT2D eigenvalue weighted by Gasteiger charge is 2.16. The van der Waals surface area contributed by atoms with E-state index in [1.165, 1.54) is 18.4 Å². The monoisotopic (exact) mass is 306 g/mol. The molecule has 0 aliphatic rings. The molecule has 0 spiro atoms. The third-order valence-corrected chi connectivity index (χ3v) is 3.13. The number of aryl methyl sites for hydroxylation is 1. The number of carbonyl (C=O) groups is 1. The van der Waals surface area contributed by atoms with Crippen LogP contribution in [-0.4, -0.2) is 17.2 Å². The van der Waals surface area contributed by atoms with Gasteiger partial charge in [-0.25, -0.2) is 9.18 Å². The summed E-state index contributed by atoms with van der Waals surface area (Å²) in [7, 11) is 0. The standard InChI is InChI=1S/C16H19FN2O3/c1-10-6-12(17)9-13(7-10)19-16(21)18-11(2)8-14(20)15-4-3-5-22-15/h3-7,9,11,14,20H,8H2,1-2H3,(H2,18,19,21). The molecule has 2 amide bonds. The summed E-state index contributed by atoms with van der Waals surface area (Å²) in [5.74, 6) is 0.0476. The SMILES string of the molecule is Cc1cc(F)cc(NC(=O)NC(C)CC(O)c2ccco2)c1. The predicted octanol–water partition coefficient (Wildman–Crippen LogP) is 3.36. The molecule has 1 aromatic heterocycles. The molecule has 1 heterocycles. The number of hydrogen-bond acceptors (Lipinski definition) is 3. The normalized spacial score (nSPS) is 13.5. The van der Waals surface area contributed by atoms with Crippen molar-refractivity contribution in [1.82, 2.24) is 5.32 Å². The molecule has 0 bridgehead atoms. The molecule has 0 aliphatic heterocycles. The molecule has 2 unspecified atom stereocenters. The van der Waals surface area contributed by atoms with Crippen molar-refractivity contribution in [3.8, 4) is 0 Å². The zero-order valence-corrected chi connectivity index (χ0v) is 12.5. The minimum atomic E-state index is -0.790. The van der Waals surface area contributed by atoms with E-state index in [9.17, 15) is 14.3 Å². The van der Waals surface area contributed by atoms with Crippen LogP contribution in [0.25, 0.3) is 0 Å². The summed E-state index contributed by atoms with van der Waals surface area (Å²) >= 11 is 0. The molecule has 22 heavy (non-hydrogen) atoms. The average Bonchev–Trinajstić information content (AvgIpc) is 2.90. The highest BCUT2D eigenvalue weighted by atomic mass is 19.1. The number of halogens is 1. The van der Waals surface area contributed by atoms with Crippen molar-refractivity contribution in [2.75, 3.05) is 5.32 Å². The summed E-state index contributed by atoms with van der Waals surface area (Å²) in [5, 5.41) is 15.2. The van der Waals surface area contributed by atoms with Crippen molar-refractivity contribution < 1.29 is 18.7 Å². The molecule has 1 aromatic carbocycles. The minimum Gasteiger partial charge on any atom is -0.467 e. The van der Waals surface area contributed by atoms with E-state index in [4.69, 9.17) is 4.42 Å². The molecule has 0 saturated heterocycles. The van der Waals surface area contributed by atoms with E-state index in [-0.39, 0.29) is 6.04 Å². The van der Waals surface area contributed by atoms with Crippen molar-refractivity contribution >= 4 is 11.7 Å². The summed E-state index contributed by atoms with van der Waals surface area (Å²) in [5.41, 5.74) is 1.10. The van der Waals surface area contributed by atoms with Crippen LogP contribution in [0.4, 0.5) is 14.9 Å². The lowest BCUT2D eigenvalue weighted by Crippen LogP contribution is -2.37. The Morgan fingerprint density at radius 3 is 2.82 bits per heavy atom. The highest BCUT2D eigenvalue weighted by Crippen LogP contribution is 2.18. The molecule has 6 heteroatoms. The Hall–Kier alpha value is -2.34. The smallest absolute Gasteiger partial charge is 0.319 e. The van der Waals surface area contributed by atoms with Crippen molar-refractivity contribution in [2.45, 2.75) is 32.4 Å². The molecule has 2 aromatic rings. The van der Waals surface area contributed by atoms with Gasteiger partial charge < -0.3 is 20.2 Å². The molecule has 118 valence electrons. The molecule has 5 nitrogen and oxygen atoms in total. The summed E-state index contributed by atoms with van der Waals surface area (Å²) in [6.07, 6.45) is 1.00. The number of anilines is 1. The number of nitrogens with one attached hydrogen (secondary N) is 2. The maximum atomic E-state index is 13.3. The first kappa shape index (κ1) is 16.0. The first-order valence-electron chi connectivity index (χ1n) is 7.00. The Morgan fingerprint density at radius 2 is 2.18 bits per heavy atom. The number of urea groups is 1. The third-order valence-electron chi connectivity index (χ3n) is 3.13. The molecule has 2 atom stereocenters. The molecule has 0 fully saturated rings. The number of amides is 2. The summed E-state index contributed by atoms with van der Waals surface area (Å²) in [6.45, 7) is 3.51.